The molecule has 2 amide bonds. The number of rotatable bonds is 7. The van der Waals surface area contributed by atoms with E-state index in [0.717, 1.165) is 29.3 Å². The van der Waals surface area contributed by atoms with Crippen LogP contribution in [0.4, 0.5) is 4.79 Å². The number of carbonyl (C=O) groups is 2. The monoisotopic (exact) mass is 359 g/mol. The van der Waals surface area contributed by atoms with Crippen molar-refractivity contribution in [2.45, 2.75) is 58.6 Å². The fraction of sp³-hybridized carbons (Fsp3) is 0.500. The van der Waals surface area contributed by atoms with Gasteiger partial charge in [-0.3, -0.25) is 4.79 Å². The van der Waals surface area contributed by atoms with E-state index in [1.165, 1.54) is 0 Å². The zero-order valence-corrected chi connectivity index (χ0v) is 16.0. The van der Waals surface area contributed by atoms with Crippen LogP contribution in [0.15, 0.2) is 30.5 Å². The minimum Gasteiger partial charge on any atom is -0.444 e. The Balaban J connectivity index is 2.13. The van der Waals surface area contributed by atoms with Crippen LogP contribution in [0.5, 0.6) is 0 Å². The molecule has 1 atom stereocenters. The molecule has 2 aromatic rings. The largest absolute Gasteiger partial charge is 0.444 e. The summed E-state index contributed by atoms with van der Waals surface area (Å²) in [5.41, 5.74) is 1.37. The lowest BCUT2D eigenvalue weighted by Crippen LogP contribution is -2.49. The predicted octanol–water partition coefficient (Wildman–Crippen LogP) is 3.52. The summed E-state index contributed by atoms with van der Waals surface area (Å²) in [6.45, 7) is 8.04. The average Bonchev–Trinajstić information content (AvgIpc) is 2.96. The first-order valence-electron chi connectivity index (χ1n) is 9.12. The Morgan fingerprint density at radius 1 is 1.23 bits per heavy atom. The molecule has 0 spiro atoms. The lowest BCUT2D eigenvalue weighted by molar-refractivity contribution is -0.123. The van der Waals surface area contributed by atoms with Crippen LogP contribution in [0.2, 0.25) is 0 Å². The van der Waals surface area contributed by atoms with Gasteiger partial charge in [0.05, 0.1) is 0 Å². The van der Waals surface area contributed by atoms with Gasteiger partial charge < -0.3 is 20.4 Å². The minimum absolute atomic E-state index is 0.199. The highest BCUT2D eigenvalue weighted by Gasteiger charge is 2.25. The van der Waals surface area contributed by atoms with Gasteiger partial charge in [0.2, 0.25) is 5.91 Å². The van der Waals surface area contributed by atoms with E-state index >= 15 is 0 Å². The van der Waals surface area contributed by atoms with Crippen LogP contribution in [0, 0.1) is 0 Å². The number of hydrogen-bond donors (Lipinski definition) is 3. The molecule has 1 aromatic carbocycles. The second-order valence-electron chi connectivity index (χ2n) is 7.41. The number of alkyl carbamates (subject to hydrolysis) is 1. The van der Waals surface area contributed by atoms with Crippen molar-refractivity contribution in [1.29, 1.82) is 0 Å². The summed E-state index contributed by atoms with van der Waals surface area (Å²) in [6.07, 6.45) is 3.58. The Hall–Kier alpha value is -2.50. The highest BCUT2D eigenvalue weighted by atomic mass is 16.6. The van der Waals surface area contributed by atoms with Crippen LogP contribution in [0.25, 0.3) is 10.9 Å². The third-order valence-corrected chi connectivity index (χ3v) is 3.94. The highest BCUT2D eigenvalue weighted by Crippen LogP contribution is 2.19. The summed E-state index contributed by atoms with van der Waals surface area (Å²) in [5.74, 6) is -0.199. The number of para-hydroxylation sites is 1. The summed E-state index contributed by atoms with van der Waals surface area (Å²) in [7, 11) is 0. The number of aromatic amines is 1. The van der Waals surface area contributed by atoms with Crippen LogP contribution in [-0.2, 0) is 16.0 Å². The van der Waals surface area contributed by atoms with Crippen molar-refractivity contribution in [3.05, 3.63) is 36.0 Å². The standard InChI is InChI=1S/C20H29N3O3/c1-5-6-11-21-18(24)17(23-19(25)26-20(2,3)4)12-14-13-22-16-10-8-7-9-15(14)16/h7-10,13,17,22H,5-6,11-12H2,1-4H3,(H,21,24)(H,23,25). The third-order valence-electron chi connectivity index (χ3n) is 3.94. The Morgan fingerprint density at radius 3 is 2.65 bits per heavy atom. The second-order valence-corrected chi connectivity index (χ2v) is 7.41. The SMILES string of the molecule is CCCCNC(=O)C(Cc1c[nH]c2ccccc12)NC(=O)OC(C)(C)C. The first-order valence-corrected chi connectivity index (χ1v) is 9.12. The van der Waals surface area contributed by atoms with Gasteiger partial charge in [0, 0.05) is 30.1 Å². The molecule has 0 radical (unpaired) electrons. The fourth-order valence-electron chi connectivity index (χ4n) is 2.69. The van der Waals surface area contributed by atoms with E-state index < -0.39 is 17.7 Å². The first-order chi connectivity index (χ1) is 12.3. The van der Waals surface area contributed by atoms with E-state index in [9.17, 15) is 9.59 Å². The molecule has 0 aliphatic carbocycles. The summed E-state index contributed by atoms with van der Waals surface area (Å²) in [6, 6.07) is 7.20. The lowest BCUT2D eigenvalue weighted by Gasteiger charge is -2.23. The predicted molar refractivity (Wildman–Crippen MR) is 103 cm³/mol. The molecule has 6 nitrogen and oxygen atoms in total. The topological polar surface area (TPSA) is 83.2 Å². The normalized spacial score (nSPS) is 12.6. The molecule has 3 N–H and O–H groups in total. The molecule has 1 aromatic heterocycles. The molecule has 0 bridgehead atoms. The Kier molecular flexibility index (Phi) is 6.66. The molecule has 0 saturated carbocycles. The number of aromatic nitrogens is 1. The fourth-order valence-corrected chi connectivity index (χ4v) is 2.69. The van der Waals surface area contributed by atoms with E-state index in [4.69, 9.17) is 4.74 Å². The van der Waals surface area contributed by atoms with Gasteiger partial charge in [0.25, 0.3) is 0 Å². The maximum Gasteiger partial charge on any atom is 0.408 e. The molecule has 0 aliphatic heterocycles. The molecule has 6 heteroatoms. The number of benzene rings is 1. The van der Waals surface area contributed by atoms with E-state index in [2.05, 4.69) is 22.5 Å². The number of nitrogens with one attached hydrogen (secondary N) is 3. The number of ether oxygens (including phenoxy) is 1. The number of unbranched alkanes of at least 4 members (excludes halogenated alkanes) is 1. The molecule has 0 fully saturated rings. The molecular formula is C20H29N3O3. The molecule has 1 unspecified atom stereocenters. The van der Waals surface area contributed by atoms with Crippen molar-refractivity contribution in [3.63, 3.8) is 0 Å². The smallest absolute Gasteiger partial charge is 0.408 e. The summed E-state index contributed by atoms with van der Waals surface area (Å²) >= 11 is 0. The molecule has 0 aliphatic rings. The summed E-state index contributed by atoms with van der Waals surface area (Å²) < 4.78 is 5.31. The van der Waals surface area contributed by atoms with Crippen molar-refractivity contribution >= 4 is 22.9 Å². The number of fused-ring (bicyclic) bond motifs is 1. The number of amides is 2. The zero-order chi connectivity index (χ0) is 19.2. The molecule has 26 heavy (non-hydrogen) atoms. The molecule has 142 valence electrons. The number of carbonyl (C=O) groups excluding carboxylic acids is 2. The van der Waals surface area contributed by atoms with Gasteiger partial charge in [-0.05, 0) is 38.8 Å². The van der Waals surface area contributed by atoms with Crippen molar-refractivity contribution in [2.75, 3.05) is 6.54 Å². The Morgan fingerprint density at radius 2 is 1.96 bits per heavy atom. The summed E-state index contributed by atoms with van der Waals surface area (Å²) in [5, 5.41) is 6.66. The van der Waals surface area contributed by atoms with Gasteiger partial charge in [0.1, 0.15) is 11.6 Å². The van der Waals surface area contributed by atoms with Gasteiger partial charge in [-0.1, -0.05) is 31.5 Å². The molecule has 1 heterocycles. The van der Waals surface area contributed by atoms with Gasteiger partial charge in [-0.2, -0.15) is 0 Å². The number of hydrogen-bond acceptors (Lipinski definition) is 3. The minimum atomic E-state index is -0.694. The van der Waals surface area contributed by atoms with Gasteiger partial charge in [-0.15, -0.1) is 0 Å². The van der Waals surface area contributed by atoms with Crippen molar-refractivity contribution in [2.24, 2.45) is 0 Å². The first kappa shape index (κ1) is 19.8. The molecular weight excluding hydrogens is 330 g/mol. The Bertz CT molecular complexity index is 746. The van der Waals surface area contributed by atoms with Crippen LogP contribution in [0.1, 0.15) is 46.1 Å². The summed E-state index contributed by atoms with van der Waals surface area (Å²) in [4.78, 5) is 28.0. The number of H-pyrrole nitrogens is 1. The molecule has 2 rings (SSSR count). The third kappa shape index (κ3) is 5.79. The maximum atomic E-state index is 12.6. The van der Waals surface area contributed by atoms with E-state index in [-0.39, 0.29) is 5.91 Å². The highest BCUT2D eigenvalue weighted by molar-refractivity contribution is 5.88. The van der Waals surface area contributed by atoms with Crippen molar-refractivity contribution < 1.29 is 14.3 Å². The van der Waals surface area contributed by atoms with E-state index in [0.29, 0.717) is 13.0 Å². The average molecular weight is 359 g/mol. The van der Waals surface area contributed by atoms with Gasteiger partial charge >= 0.3 is 6.09 Å². The van der Waals surface area contributed by atoms with Crippen molar-refractivity contribution in [3.8, 4) is 0 Å². The quantitative estimate of drug-likeness (QED) is 0.662. The van der Waals surface area contributed by atoms with E-state index in [1.807, 2.05) is 30.5 Å². The maximum absolute atomic E-state index is 12.6. The van der Waals surface area contributed by atoms with Crippen LogP contribution in [0.3, 0.4) is 0 Å². The molecule has 0 saturated heterocycles. The van der Waals surface area contributed by atoms with Crippen LogP contribution < -0.4 is 10.6 Å². The van der Waals surface area contributed by atoms with Crippen LogP contribution in [-0.4, -0.2) is 35.2 Å². The Labute approximate surface area is 154 Å². The van der Waals surface area contributed by atoms with Crippen LogP contribution >= 0.6 is 0 Å². The van der Waals surface area contributed by atoms with Gasteiger partial charge in [0.15, 0.2) is 0 Å². The van der Waals surface area contributed by atoms with Crippen molar-refractivity contribution in [1.82, 2.24) is 15.6 Å². The lowest BCUT2D eigenvalue weighted by atomic mass is 10.0. The zero-order valence-electron chi connectivity index (χ0n) is 16.0. The second kappa shape index (κ2) is 8.74. The van der Waals surface area contributed by atoms with Gasteiger partial charge in [-0.25, -0.2) is 4.79 Å². The van der Waals surface area contributed by atoms with E-state index in [1.54, 1.807) is 20.8 Å².